The Morgan fingerprint density at radius 2 is 1.81 bits per heavy atom. The van der Waals surface area contributed by atoms with Crippen LogP contribution in [-0.2, 0) is 22.5 Å². The lowest BCUT2D eigenvalue weighted by Gasteiger charge is -2.35. The van der Waals surface area contributed by atoms with E-state index < -0.39 is 17.7 Å². The molecule has 1 aliphatic rings. The molecule has 0 bridgehead atoms. The molecule has 0 saturated carbocycles. The van der Waals surface area contributed by atoms with Crippen LogP contribution in [0.1, 0.15) is 33.3 Å². The van der Waals surface area contributed by atoms with Crippen LogP contribution in [0.25, 0.3) is 0 Å². The second kappa shape index (κ2) is 7.20. The summed E-state index contributed by atoms with van der Waals surface area (Å²) < 4.78 is 5.31. The SMILES string of the molecule is CC(C)(C)OC(=O)NC1Cc2ccccc2N(Cc2ccccc2)C1=O.[HH]. The topological polar surface area (TPSA) is 58.6 Å². The van der Waals surface area contributed by atoms with Crippen LogP contribution >= 0.6 is 0 Å². The first kappa shape index (κ1) is 18.0. The normalized spacial score (nSPS) is 16.8. The van der Waals surface area contributed by atoms with Crippen LogP contribution in [0.4, 0.5) is 10.5 Å². The summed E-state index contributed by atoms with van der Waals surface area (Å²) >= 11 is 0. The molecule has 0 spiro atoms. The van der Waals surface area contributed by atoms with Crippen molar-refractivity contribution in [2.75, 3.05) is 4.90 Å². The van der Waals surface area contributed by atoms with Crippen molar-refractivity contribution in [1.82, 2.24) is 5.32 Å². The van der Waals surface area contributed by atoms with Crippen molar-refractivity contribution in [3.63, 3.8) is 0 Å². The molecule has 1 unspecified atom stereocenters. The molecule has 0 aliphatic carbocycles. The highest BCUT2D eigenvalue weighted by Gasteiger charge is 2.34. The van der Waals surface area contributed by atoms with Crippen molar-refractivity contribution in [3.05, 3.63) is 65.7 Å². The highest BCUT2D eigenvalue weighted by atomic mass is 16.6. The zero-order valence-corrected chi connectivity index (χ0v) is 15.4. The minimum absolute atomic E-state index is 0. The van der Waals surface area contributed by atoms with Gasteiger partial charge in [-0.05, 0) is 38.0 Å². The number of ether oxygens (including phenoxy) is 1. The van der Waals surface area contributed by atoms with Gasteiger partial charge in [0.25, 0.3) is 0 Å². The Kier molecular flexibility index (Phi) is 4.98. The number of carbonyl (C=O) groups is 2. The van der Waals surface area contributed by atoms with Gasteiger partial charge in [0.15, 0.2) is 0 Å². The second-order valence-electron chi connectivity index (χ2n) is 7.44. The Morgan fingerprint density at radius 1 is 1.15 bits per heavy atom. The van der Waals surface area contributed by atoms with Crippen molar-refractivity contribution >= 4 is 17.7 Å². The number of hydrogen-bond donors (Lipinski definition) is 1. The number of fused-ring (bicyclic) bond motifs is 1. The molecule has 0 saturated heterocycles. The van der Waals surface area contributed by atoms with Gasteiger partial charge in [0.1, 0.15) is 11.6 Å². The molecule has 138 valence electrons. The third kappa shape index (κ3) is 4.23. The van der Waals surface area contributed by atoms with E-state index >= 15 is 0 Å². The van der Waals surface area contributed by atoms with Crippen LogP contribution in [0.5, 0.6) is 0 Å². The Labute approximate surface area is 155 Å². The van der Waals surface area contributed by atoms with Gasteiger partial charge in [0.2, 0.25) is 5.91 Å². The predicted molar refractivity (Wildman–Crippen MR) is 103 cm³/mol. The summed E-state index contributed by atoms with van der Waals surface area (Å²) in [5.41, 5.74) is 2.35. The zero-order chi connectivity index (χ0) is 18.7. The van der Waals surface area contributed by atoms with Gasteiger partial charge in [0.05, 0.1) is 6.54 Å². The molecule has 2 amide bonds. The van der Waals surface area contributed by atoms with Crippen molar-refractivity contribution < 1.29 is 15.8 Å². The summed E-state index contributed by atoms with van der Waals surface area (Å²) in [6.45, 7) is 5.86. The zero-order valence-electron chi connectivity index (χ0n) is 15.4. The van der Waals surface area contributed by atoms with E-state index in [1.54, 1.807) is 25.7 Å². The van der Waals surface area contributed by atoms with Crippen LogP contribution in [0, 0.1) is 0 Å². The number of carbonyl (C=O) groups excluding carboxylic acids is 2. The lowest BCUT2D eigenvalue weighted by atomic mass is 9.96. The third-order valence-electron chi connectivity index (χ3n) is 4.15. The summed E-state index contributed by atoms with van der Waals surface area (Å²) in [6, 6.07) is 17.0. The van der Waals surface area contributed by atoms with Gasteiger partial charge in [-0.25, -0.2) is 4.79 Å². The number of alkyl carbamates (subject to hydrolysis) is 1. The molecule has 5 nitrogen and oxygen atoms in total. The summed E-state index contributed by atoms with van der Waals surface area (Å²) in [5, 5.41) is 2.73. The van der Waals surface area contributed by atoms with E-state index in [0.717, 1.165) is 16.8 Å². The molecular formula is C21H26N2O3. The first-order chi connectivity index (χ1) is 12.3. The monoisotopic (exact) mass is 354 g/mol. The van der Waals surface area contributed by atoms with Crippen molar-refractivity contribution in [2.45, 2.75) is 45.4 Å². The maximum absolute atomic E-state index is 13.0. The van der Waals surface area contributed by atoms with E-state index in [4.69, 9.17) is 4.74 Å². The Morgan fingerprint density at radius 3 is 2.50 bits per heavy atom. The van der Waals surface area contributed by atoms with E-state index in [2.05, 4.69) is 5.32 Å². The minimum atomic E-state index is -0.636. The van der Waals surface area contributed by atoms with Crippen LogP contribution in [0.3, 0.4) is 0 Å². The van der Waals surface area contributed by atoms with Gasteiger partial charge in [0, 0.05) is 13.5 Å². The van der Waals surface area contributed by atoms with E-state index in [9.17, 15) is 9.59 Å². The van der Waals surface area contributed by atoms with Gasteiger partial charge in [-0.1, -0.05) is 48.5 Å². The third-order valence-corrected chi connectivity index (χ3v) is 4.15. The largest absolute Gasteiger partial charge is 0.444 e. The molecule has 0 aromatic heterocycles. The van der Waals surface area contributed by atoms with E-state index in [1.807, 2.05) is 54.6 Å². The number of rotatable bonds is 3. The van der Waals surface area contributed by atoms with Gasteiger partial charge in [-0.15, -0.1) is 0 Å². The number of nitrogens with zero attached hydrogens (tertiary/aromatic N) is 1. The average molecular weight is 354 g/mol. The molecule has 2 aromatic rings. The molecule has 26 heavy (non-hydrogen) atoms. The smallest absolute Gasteiger partial charge is 0.408 e. The summed E-state index contributed by atoms with van der Waals surface area (Å²) in [4.78, 5) is 26.9. The van der Waals surface area contributed by atoms with Crippen molar-refractivity contribution in [1.29, 1.82) is 0 Å². The molecule has 5 heteroatoms. The standard InChI is InChI=1S/C21H24N2O3.H2/c1-21(2,3)26-20(25)22-17-13-16-11-7-8-12-18(16)23(19(17)24)14-15-9-5-4-6-10-15;/h4-12,17H,13-14H2,1-3H3,(H,22,25);1H. The first-order valence-electron chi connectivity index (χ1n) is 8.76. The van der Waals surface area contributed by atoms with E-state index in [0.29, 0.717) is 13.0 Å². The molecule has 1 N–H and O–H groups in total. The fourth-order valence-electron chi connectivity index (χ4n) is 3.05. The second-order valence-corrected chi connectivity index (χ2v) is 7.44. The minimum Gasteiger partial charge on any atom is -0.444 e. The van der Waals surface area contributed by atoms with Crippen molar-refractivity contribution in [3.8, 4) is 0 Å². The van der Waals surface area contributed by atoms with Gasteiger partial charge < -0.3 is 15.0 Å². The molecule has 0 fully saturated rings. The highest BCUT2D eigenvalue weighted by molar-refractivity contribution is 6.01. The number of para-hydroxylation sites is 1. The summed E-state index contributed by atoms with van der Waals surface area (Å²) in [5.74, 6) is -0.126. The first-order valence-corrected chi connectivity index (χ1v) is 8.76. The predicted octanol–water partition coefficient (Wildman–Crippen LogP) is 3.92. The molecule has 1 aliphatic heterocycles. The number of benzene rings is 2. The summed E-state index contributed by atoms with van der Waals surface area (Å²) in [6.07, 6.45) is -0.116. The average Bonchev–Trinajstić information content (AvgIpc) is 2.58. The Hall–Kier alpha value is -2.82. The van der Waals surface area contributed by atoms with Gasteiger partial charge in [-0.3, -0.25) is 4.79 Å². The molecule has 0 radical (unpaired) electrons. The molecule has 1 atom stereocenters. The highest BCUT2D eigenvalue weighted by Crippen LogP contribution is 2.29. The van der Waals surface area contributed by atoms with E-state index in [-0.39, 0.29) is 7.33 Å². The van der Waals surface area contributed by atoms with Gasteiger partial charge >= 0.3 is 6.09 Å². The lowest BCUT2D eigenvalue weighted by Crippen LogP contribution is -2.53. The number of anilines is 1. The fourth-order valence-corrected chi connectivity index (χ4v) is 3.05. The molecule has 3 rings (SSSR count). The fraction of sp³-hybridized carbons (Fsp3) is 0.333. The maximum atomic E-state index is 13.0. The van der Waals surface area contributed by atoms with Crippen LogP contribution in [0.15, 0.2) is 54.6 Å². The van der Waals surface area contributed by atoms with Crippen molar-refractivity contribution in [2.24, 2.45) is 0 Å². The maximum Gasteiger partial charge on any atom is 0.408 e. The van der Waals surface area contributed by atoms with Crippen LogP contribution < -0.4 is 10.2 Å². The van der Waals surface area contributed by atoms with E-state index in [1.165, 1.54) is 0 Å². The number of nitrogens with one attached hydrogen (secondary N) is 1. The number of hydrogen-bond acceptors (Lipinski definition) is 3. The Bertz CT molecular complexity index is 803. The van der Waals surface area contributed by atoms with Gasteiger partial charge in [-0.2, -0.15) is 0 Å². The number of amides is 2. The molecule has 1 heterocycles. The summed E-state index contributed by atoms with van der Waals surface area (Å²) in [7, 11) is 0. The quantitative estimate of drug-likeness (QED) is 0.909. The Balaban J connectivity index is 0.00000261. The lowest BCUT2D eigenvalue weighted by molar-refractivity contribution is -0.121. The van der Waals surface area contributed by atoms with Crippen LogP contribution in [-0.4, -0.2) is 23.6 Å². The molecule has 2 aromatic carbocycles. The molecular weight excluding hydrogens is 328 g/mol. The van der Waals surface area contributed by atoms with Crippen LogP contribution in [0.2, 0.25) is 0 Å².